The molecule has 1 aliphatic carbocycles. The largest absolute Gasteiger partial charge is 0.497 e. The Labute approximate surface area is 269 Å². The SMILES string of the molecule is COc1ccc(NNC(=O)C2(NC(=O)c3snnc3-c3ccccc3)CCC(C(=O)N(c3ccccc3)[C@@H](C)C(=O)O)CC2)cc1. The van der Waals surface area contributed by atoms with E-state index in [2.05, 4.69) is 25.8 Å². The minimum atomic E-state index is -1.39. The van der Waals surface area contributed by atoms with E-state index in [0.29, 0.717) is 28.4 Å². The van der Waals surface area contributed by atoms with Crippen molar-refractivity contribution in [2.45, 2.75) is 44.2 Å². The van der Waals surface area contributed by atoms with Crippen LogP contribution in [-0.4, -0.2) is 57.1 Å². The van der Waals surface area contributed by atoms with Crippen molar-refractivity contribution >= 4 is 46.6 Å². The lowest BCUT2D eigenvalue weighted by molar-refractivity contribution is -0.140. The molecular formula is C33H34N6O6S. The van der Waals surface area contributed by atoms with Crippen molar-refractivity contribution in [1.29, 1.82) is 0 Å². The maximum atomic E-state index is 13.9. The molecule has 4 aromatic rings. The maximum absolute atomic E-state index is 13.9. The number of carboxylic acid groups (broad SMARTS) is 1. The molecule has 0 saturated heterocycles. The van der Waals surface area contributed by atoms with Crippen molar-refractivity contribution < 1.29 is 29.0 Å². The average Bonchev–Trinajstić information content (AvgIpc) is 3.59. The zero-order valence-electron chi connectivity index (χ0n) is 25.3. The number of anilines is 2. The van der Waals surface area contributed by atoms with Gasteiger partial charge in [0.25, 0.3) is 11.8 Å². The van der Waals surface area contributed by atoms with Gasteiger partial charge in [0.2, 0.25) is 5.91 Å². The summed E-state index contributed by atoms with van der Waals surface area (Å²) in [7, 11) is 1.56. The molecule has 13 heteroatoms. The highest BCUT2D eigenvalue weighted by Gasteiger charge is 2.46. The predicted octanol–water partition coefficient (Wildman–Crippen LogP) is 4.52. The second-order valence-corrected chi connectivity index (χ2v) is 11.7. The number of carbonyl (C=O) groups is 4. The van der Waals surface area contributed by atoms with Gasteiger partial charge in [0.15, 0.2) is 0 Å². The summed E-state index contributed by atoms with van der Waals surface area (Å²) in [6.07, 6.45) is 0.721. The number of hydrogen-bond donors (Lipinski definition) is 4. The lowest BCUT2D eigenvalue weighted by atomic mass is 9.75. The molecule has 1 aromatic heterocycles. The predicted molar refractivity (Wildman–Crippen MR) is 173 cm³/mol. The molecule has 1 fully saturated rings. The molecule has 5 rings (SSSR count). The Hall–Kier alpha value is -5.30. The summed E-state index contributed by atoms with van der Waals surface area (Å²) in [6, 6.07) is 23.6. The van der Waals surface area contributed by atoms with Crippen LogP contribution in [0.5, 0.6) is 5.75 Å². The van der Waals surface area contributed by atoms with Gasteiger partial charge in [0, 0.05) is 17.2 Å². The average molecular weight is 643 g/mol. The van der Waals surface area contributed by atoms with Crippen LogP contribution >= 0.6 is 11.5 Å². The van der Waals surface area contributed by atoms with Crippen molar-refractivity contribution in [2.24, 2.45) is 5.92 Å². The molecule has 0 unspecified atom stereocenters. The van der Waals surface area contributed by atoms with E-state index >= 15 is 0 Å². The number of nitrogens with zero attached hydrogens (tertiary/aromatic N) is 3. The van der Waals surface area contributed by atoms with E-state index in [-0.39, 0.29) is 36.5 Å². The Morgan fingerprint density at radius 3 is 2.20 bits per heavy atom. The molecule has 0 aliphatic heterocycles. The van der Waals surface area contributed by atoms with E-state index in [1.54, 1.807) is 61.7 Å². The third kappa shape index (κ3) is 6.99. The number of carbonyl (C=O) groups excluding carboxylic acids is 3. The lowest BCUT2D eigenvalue weighted by Crippen LogP contribution is -2.62. The summed E-state index contributed by atoms with van der Waals surface area (Å²) in [5.41, 5.74) is 6.42. The topological polar surface area (TPSA) is 163 Å². The molecule has 4 N–H and O–H groups in total. The van der Waals surface area contributed by atoms with Crippen molar-refractivity contribution in [3.63, 3.8) is 0 Å². The maximum Gasteiger partial charge on any atom is 0.326 e. The van der Waals surface area contributed by atoms with Crippen LogP contribution in [0, 0.1) is 5.92 Å². The van der Waals surface area contributed by atoms with Gasteiger partial charge in [-0.15, -0.1) is 5.10 Å². The highest BCUT2D eigenvalue weighted by molar-refractivity contribution is 7.08. The fraction of sp³-hybridized carbons (Fsp3) is 0.273. The molecule has 1 saturated carbocycles. The number of benzene rings is 3. The number of para-hydroxylation sites is 1. The van der Waals surface area contributed by atoms with Gasteiger partial charge in [-0.05, 0) is 80.5 Å². The van der Waals surface area contributed by atoms with Crippen LogP contribution < -0.4 is 25.8 Å². The first kappa shape index (κ1) is 32.1. The first-order valence-electron chi connectivity index (χ1n) is 14.7. The zero-order valence-corrected chi connectivity index (χ0v) is 26.1. The van der Waals surface area contributed by atoms with E-state index in [0.717, 1.165) is 11.5 Å². The quantitative estimate of drug-likeness (QED) is 0.172. The summed E-state index contributed by atoms with van der Waals surface area (Å²) in [6.45, 7) is 1.46. The number of aromatic nitrogens is 2. The van der Waals surface area contributed by atoms with E-state index < -0.39 is 35.3 Å². The number of nitrogens with one attached hydrogen (secondary N) is 3. The Morgan fingerprint density at radius 1 is 0.957 bits per heavy atom. The van der Waals surface area contributed by atoms with Gasteiger partial charge in [-0.3, -0.25) is 30.1 Å². The van der Waals surface area contributed by atoms with E-state index in [4.69, 9.17) is 4.74 Å². The van der Waals surface area contributed by atoms with Gasteiger partial charge >= 0.3 is 5.97 Å². The van der Waals surface area contributed by atoms with Crippen molar-refractivity contribution in [3.8, 4) is 17.0 Å². The van der Waals surface area contributed by atoms with Crippen molar-refractivity contribution in [1.82, 2.24) is 20.3 Å². The van der Waals surface area contributed by atoms with Crippen LogP contribution in [-0.2, 0) is 14.4 Å². The van der Waals surface area contributed by atoms with Gasteiger partial charge in [-0.2, -0.15) is 0 Å². The molecule has 3 aromatic carbocycles. The summed E-state index contributed by atoms with van der Waals surface area (Å²) in [4.78, 5) is 55.0. The molecule has 1 heterocycles. The summed E-state index contributed by atoms with van der Waals surface area (Å²) < 4.78 is 9.19. The number of amides is 3. The third-order valence-corrected chi connectivity index (χ3v) is 8.87. The van der Waals surface area contributed by atoms with Crippen molar-refractivity contribution in [2.75, 3.05) is 17.4 Å². The van der Waals surface area contributed by atoms with Gasteiger partial charge in [-0.25, -0.2) is 4.79 Å². The zero-order chi connectivity index (χ0) is 32.7. The van der Waals surface area contributed by atoms with Crippen LogP contribution in [0.15, 0.2) is 84.9 Å². The van der Waals surface area contributed by atoms with Crippen LogP contribution in [0.4, 0.5) is 11.4 Å². The van der Waals surface area contributed by atoms with E-state index in [1.807, 2.05) is 30.3 Å². The Kier molecular flexibility index (Phi) is 9.91. The highest BCUT2D eigenvalue weighted by Crippen LogP contribution is 2.36. The third-order valence-electron chi connectivity index (χ3n) is 8.14. The van der Waals surface area contributed by atoms with Gasteiger partial charge in [0.05, 0.1) is 12.8 Å². The monoisotopic (exact) mass is 642 g/mol. The Morgan fingerprint density at radius 2 is 1.59 bits per heavy atom. The second-order valence-electron chi connectivity index (χ2n) is 11.0. The van der Waals surface area contributed by atoms with Gasteiger partial charge in [0.1, 0.15) is 27.9 Å². The number of carboxylic acids is 1. The standard InChI is InChI=1S/C33H34N6O6S/c1-21(31(42)43)39(25-11-7-4-8-12-25)30(41)23-17-19-33(20-18-23,32(44)37-35-24-13-15-26(45-2)16-14-24)34-29(40)28-27(36-38-46-28)22-9-5-3-6-10-22/h3-16,21,23,35H,17-20H2,1-2H3,(H,34,40)(H,37,44)(H,42,43)/t21-,23?,33?/m0/s1. The van der Waals surface area contributed by atoms with Crippen LogP contribution in [0.2, 0.25) is 0 Å². The molecular weight excluding hydrogens is 608 g/mol. The minimum absolute atomic E-state index is 0.127. The molecule has 238 valence electrons. The fourth-order valence-corrected chi connectivity index (χ4v) is 6.11. The molecule has 0 bridgehead atoms. The van der Waals surface area contributed by atoms with Crippen LogP contribution in [0.3, 0.4) is 0 Å². The number of rotatable bonds is 11. The Balaban J connectivity index is 1.38. The first-order chi connectivity index (χ1) is 22.2. The van der Waals surface area contributed by atoms with Crippen LogP contribution in [0.25, 0.3) is 11.3 Å². The smallest absolute Gasteiger partial charge is 0.326 e. The van der Waals surface area contributed by atoms with Gasteiger partial charge < -0.3 is 15.2 Å². The molecule has 46 heavy (non-hydrogen) atoms. The molecule has 1 aliphatic rings. The molecule has 12 nitrogen and oxygen atoms in total. The van der Waals surface area contributed by atoms with Crippen LogP contribution in [0.1, 0.15) is 42.3 Å². The molecule has 0 radical (unpaired) electrons. The normalized spacial score (nSPS) is 18.1. The van der Waals surface area contributed by atoms with Gasteiger partial charge in [-0.1, -0.05) is 53.0 Å². The molecule has 0 spiro atoms. The van der Waals surface area contributed by atoms with E-state index in [9.17, 15) is 24.3 Å². The summed E-state index contributed by atoms with van der Waals surface area (Å²) in [5.74, 6) is -2.40. The number of aliphatic carboxylic acids is 1. The van der Waals surface area contributed by atoms with Crippen molar-refractivity contribution in [3.05, 3.63) is 89.8 Å². The number of hydrogen-bond acceptors (Lipinski definition) is 9. The summed E-state index contributed by atoms with van der Waals surface area (Å²) >= 11 is 0.929. The Bertz CT molecular complexity index is 1670. The van der Waals surface area contributed by atoms with E-state index in [1.165, 1.54) is 11.8 Å². The summed E-state index contributed by atoms with van der Waals surface area (Å²) in [5, 5.41) is 16.9. The lowest BCUT2D eigenvalue weighted by Gasteiger charge is -2.40. The molecule has 1 atom stereocenters. The fourth-order valence-electron chi connectivity index (χ4n) is 5.53. The molecule has 3 amide bonds. The second kappa shape index (κ2) is 14.2. The minimum Gasteiger partial charge on any atom is -0.497 e. The highest BCUT2D eigenvalue weighted by atomic mass is 32.1. The number of hydrazine groups is 1. The number of methoxy groups -OCH3 is 1. The number of ether oxygens (including phenoxy) is 1. The first-order valence-corrected chi connectivity index (χ1v) is 15.5.